The van der Waals surface area contributed by atoms with Gasteiger partial charge in [-0.05, 0) is 61.6 Å². The van der Waals surface area contributed by atoms with E-state index in [-0.39, 0.29) is 16.8 Å². The normalized spacial score (nSPS) is 16.5. The predicted octanol–water partition coefficient (Wildman–Crippen LogP) is 2.82. The van der Waals surface area contributed by atoms with Crippen LogP contribution in [0.5, 0.6) is 0 Å². The Labute approximate surface area is 158 Å². The summed E-state index contributed by atoms with van der Waals surface area (Å²) in [5.74, 6) is -0.192. The van der Waals surface area contributed by atoms with E-state index in [1.807, 2.05) is 11.4 Å². The summed E-state index contributed by atoms with van der Waals surface area (Å²) in [6, 6.07) is 10.3. The molecule has 1 amide bonds. The fourth-order valence-corrected chi connectivity index (χ4v) is 5.04. The number of sulfonamides is 1. The third-order valence-corrected chi connectivity index (χ3v) is 6.82. The van der Waals surface area contributed by atoms with Gasteiger partial charge in [0.05, 0.1) is 10.9 Å². The second-order valence-corrected chi connectivity index (χ2v) is 9.08. The van der Waals surface area contributed by atoms with Crippen LogP contribution in [0, 0.1) is 0 Å². The second kappa shape index (κ2) is 8.30. The lowest BCUT2D eigenvalue weighted by Crippen LogP contribution is -2.36. The minimum Gasteiger partial charge on any atom is -0.326 e. The fourth-order valence-electron chi connectivity index (χ4n) is 3.14. The maximum atomic E-state index is 12.6. The van der Waals surface area contributed by atoms with E-state index in [2.05, 4.69) is 21.0 Å². The number of nitrogens with zero attached hydrogens (tertiary/aromatic N) is 1. The number of benzene rings is 1. The van der Waals surface area contributed by atoms with Gasteiger partial charge in [-0.25, -0.2) is 13.1 Å². The third kappa shape index (κ3) is 4.70. The van der Waals surface area contributed by atoms with Gasteiger partial charge in [-0.2, -0.15) is 0 Å². The van der Waals surface area contributed by atoms with Crippen molar-refractivity contribution in [2.24, 2.45) is 0 Å². The lowest BCUT2D eigenvalue weighted by Gasteiger charge is -2.26. The van der Waals surface area contributed by atoms with Crippen molar-refractivity contribution < 1.29 is 13.2 Å². The van der Waals surface area contributed by atoms with Crippen molar-refractivity contribution in [2.75, 3.05) is 25.0 Å². The number of nitrogens with one attached hydrogen (secondary N) is 2. The maximum absolute atomic E-state index is 12.6. The van der Waals surface area contributed by atoms with Gasteiger partial charge in [0, 0.05) is 24.0 Å². The highest BCUT2D eigenvalue weighted by Crippen LogP contribution is 2.28. The van der Waals surface area contributed by atoms with Gasteiger partial charge in [-0.3, -0.25) is 9.69 Å². The Morgan fingerprint density at radius 2 is 1.88 bits per heavy atom. The van der Waals surface area contributed by atoms with Crippen LogP contribution in [-0.4, -0.2) is 38.9 Å². The molecule has 1 saturated heterocycles. The molecule has 1 fully saturated rings. The molecule has 1 aromatic heterocycles. The molecular formula is C18H23N3O3S2. The molecule has 0 radical (unpaired) electrons. The average Bonchev–Trinajstić information content (AvgIpc) is 3.29. The van der Waals surface area contributed by atoms with E-state index in [0.717, 1.165) is 25.9 Å². The number of carbonyl (C=O) groups excluding carboxylic acids is 1. The number of rotatable bonds is 7. The lowest BCUT2D eigenvalue weighted by atomic mass is 10.2. The van der Waals surface area contributed by atoms with Crippen LogP contribution in [0.4, 0.5) is 5.69 Å². The Bertz CT molecular complexity index is 827. The van der Waals surface area contributed by atoms with E-state index in [1.54, 1.807) is 23.5 Å². The number of carbonyl (C=O) groups is 1. The molecule has 1 unspecified atom stereocenters. The van der Waals surface area contributed by atoms with Crippen molar-refractivity contribution in [1.82, 2.24) is 9.62 Å². The third-order valence-electron chi connectivity index (χ3n) is 4.40. The van der Waals surface area contributed by atoms with Crippen molar-refractivity contribution in [2.45, 2.75) is 30.7 Å². The molecule has 1 aromatic carbocycles. The van der Waals surface area contributed by atoms with E-state index in [0.29, 0.717) is 12.2 Å². The summed E-state index contributed by atoms with van der Waals surface area (Å²) in [5.41, 5.74) is 0.574. The number of hydrogen-bond donors (Lipinski definition) is 2. The SMILES string of the molecule is CC(=O)Nc1ccc(S(=O)(=O)NCC(c2cccs2)N2CCCC2)cc1. The molecule has 8 heteroatoms. The van der Waals surface area contributed by atoms with E-state index in [4.69, 9.17) is 0 Å². The zero-order valence-corrected chi connectivity index (χ0v) is 16.3. The summed E-state index contributed by atoms with van der Waals surface area (Å²) in [6.07, 6.45) is 2.30. The second-order valence-electron chi connectivity index (χ2n) is 6.33. The molecular weight excluding hydrogens is 370 g/mol. The maximum Gasteiger partial charge on any atom is 0.240 e. The van der Waals surface area contributed by atoms with Crippen molar-refractivity contribution >= 4 is 33.0 Å². The first-order valence-electron chi connectivity index (χ1n) is 8.60. The minimum atomic E-state index is -3.61. The molecule has 26 heavy (non-hydrogen) atoms. The first kappa shape index (κ1) is 19.0. The van der Waals surface area contributed by atoms with Crippen LogP contribution in [0.3, 0.4) is 0 Å². The molecule has 0 spiro atoms. The van der Waals surface area contributed by atoms with Gasteiger partial charge < -0.3 is 5.32 Å². The van der Waals surface area contributed by atoms with Crippen molar-refractivity contribution in [1.29, 1.82) is 0 Å². The van der Waals surface area contributed by atoms with Crippen LogP contribution < -0.4 is 10.0 Å². The van der Waals surface area contributed by atoms with Crippen LogP contribution in [0.1, 0.15) is 30.7 Å². The summed E-state index contributed by atoms with van der Waals surface area (Å²) in [7, 11) is -3.61. The van der Waals surface area contributed by atoms with Gasteiger partial charge in [0.25, 0.3) is 0 Å². The number of hydrogen-bond acceptors (Lipinski definition) is 5. The Hall–Kier alpha value is -1.74. The van der Waals surface area contributed by atoms with E-state index >= 15 is 0 Å². The van der Waals surface area contributed by atoms with Crippen molar-refractivity contribution in [3.8, 4) is 0 Å². The summed E-state index contributed by atoms with van der Waals surface area (Å²) in [6.45, 7) is 3.75. The molecule has 1 atom stereocenters. The van der Waals surface area contributed by atoms with Crippen LogP contribution >= 0.6 is 11.3 Å². The van der Waals surface area contributed by atoms with E-state index in [9.17, 15) is 13.2 Å². The number of thiophene rings is 1. The zero-order valence-electron chi connectivity index (χ0n) is 14.6. The summed E-state index contributed by atoms with van der Waals surface area (Å²) in [5, 5.41) is 4.65. The molecule has 6 nitrogen and oxygen atoms in total. The van der Waals surface area contributed by atoms with Crippen LogP contribution in [0.15, 0.2) is 46.7 Å². The molecule has 0 saturated carbocycles. The Balaban J connectivity index is 1.70. The summed E-state index contributed by atoms with van der Waals surface area (Å²) >= 11 is 1.66. The van der Waals surface area contributed by atoms with E-state index < -0.39 is 10.0 Å². The number of amides is 1. The summed E-state index contributed by atoms with van der Waals surface area (Å²) < 4.78 is 28.0. The molecule has 2 aromatic rings. The van der Waals surface area contributed by atoms with Gasteiger partial charge in [-0.1, -0.05) is 6.07 Å². The minimum absolute atomic E-state index is 0.0610. The van der Waals surface area contributed by atoms with Crippen molar-refractivity contribution in [3.05, 3.63) is 46.7 Å². The monoisotopic (exact) mass is 393 g/mol. The Morgan fingerprint density at radius 1 is 1.19 bits per heavy atom. The molecule has 1 aliphatic rings. The van der Waals surface area contributed by atoms with Gasteiger partial charge in [0.15, 0.2) is 0 Å². The highest BCUT2D eigenvalue weighted by atomic mass is 32.2. The molecule has 2 N–H and O–H groups in total. The van der Waals surface area contributed by atoms with Gasteiger partial charge in [0.2, 0.25) is 15.9 Å². The molecule has 1 aliphatic heterocycles. The number of anilines is 1. The lowest BCUT2D eigenvalue weighted by molar-refractivity contribution is -0.114. The van der Waals surface area contributed by atoms with Gasteiger partial charge in [-0.15, -0.1) is 11.3 Å². The highest BCUT2D eigenvalue weighted by molar-refractivity contribution is 7.89. The predicted molar refractivity (Wildman–Crippen MR) is 104 cm³/mol. The Morgan fingerprint density at radius 3 is 2.46 bits per heavy atom. The molecule has 0 aliphatic carbocycles. The first-order chi connectivity index (χ1) is 12.5. The number of likely N-dealkylation sites (tertiary alicyclic amines) is 1. The zero-order chi connectivity index (χ0) is 18.6. The standard InChI is InChI=1S/C18H23N3O3S2/c1-14(22)20-15-6-8-16(9-7-15)26(23,24)19-13-17(18-5-4-12-25-18)21-10-2-3-11-21/h4-9,12,17,19H,2-3,10-11,13H2,1H3,(H,20,22). The van der Waals surface area contributed by atoms with Crippen LogP contribution in [0.2, 0.25) is 0 Å². The Kier molecular flexibility index (Phi) is 6.08. The molecule has 2 heterocycles. The quantitative estimate of drug-likeness (QED) is 0.758. The first-order valence-corrected chi connectivity index (χ1v) is 11.0. The smallest absolute Gasteiger partial charge is 0.240 e. The average molecular weight is 394 g/mol. The van der Waals surface area contributed by atoms with E-state index in [1.165, 1.54) is 23.9 Å². The fraction of sp³-hybridized carbons (Fsp3) is 0.389. The van der Waals surface area contributed by atoms with Gasteiger partial charge >= 0.3 is 0 Å². The van der Waals surface area contributed by atoms with Gasteiger partial charge in [0.1, 0.15) is 0 Å². The highest BCUT2D eigenvalue weighted by Gasteiger charge is 2.26. The van der Waals surface area contributed by atoms with Crippen molar-refractivity contribution in [3.63, 3.8) is 0 Å². The molecule has 0 bridgehead atoms. The van der Waals surface area contributed by atoms with Crippen LogP contribution in [0.25, 0.3) is 0 Å². The molecule has 140 valence electrons. The topological polar surface area (TPSA) is 78.5 Å². The molecule has 3 rings (SSSR count). The largest absolute Gasteiger partial charge is 0.326 e. The summed E-state index contributed by atoms with van der Waals surface area (Å²) in [4.78, 5) is 14.8. The van der Waals surface area contributed by atoms with Crippen LogP contribution in [-0.2, 0) is 14.8 Å².